The molecule has 1 N–H and O–H groups in total. The largest absolute Gasteiger partial charge is 0.507 e. The number of ether oxygens (including phenoxy) is 1. The van der Waals surface area contributed by atoms with Gasteiger partial charge in [-0.2, -0.15) is 9.78 Å². The summed E-state index contributed by atoms with van der Waals surface area (Å²) in [5, 5.41) is 25.2. The zero-order valence-electron chi connectivity index (χ0n) is 17.2. The van der Waals surface area contributed by atoms with E-state index >= 15 is 0 Å². The Kier molecular flexibility index (Phi) is 4.78. The minimum absolute atomic E-state index is 0.237. The maximum atomic E-state index is 12.9. The molecule has 13 heteroatoms. The first-order valence-corrected chi connectivity index (χ1v) is 10.0. The van der Waals surface area contributed by atoms with Crippen LogP contribution in [0.2, 0.25) is 0 Å². The van der Waals surface area contributed by atoms with Crippen LogP contribution in [0.5, 0.6) is 0 Å². The molecule has 4 heterocycles. The van der Waals surface area contributed by atoms with Crippen LogP contribution < -0.4 is 0 Å². The number of fused-ring (bicyclic) bond motifs is 2. The molecule has 0 radical (unpaired) electrons. The Hall–Kier alpha value is -4.32. The van der Waals surface area contributed by atoms with Gasteiger partial charge < -0.3 is 9.84 Å². The lowest BCUT2D eigenvalue weighted by atomic mass is 10.0. The van der Waals surface area contributed by atoms with Crippen molar-refractivity contribution in [2.75, 3.05) is 0 Å². The van der Waals surface area contributed by atoms with E-state index in [9.17, 15) is 9.59 Å². The van der Waals surface area contributed by atoms with E-state index in [1.54, 1.807) is 54.5 Å². The first-order chi connectivity index (χ1) is 15.9. The van der Waals surface area contributed by atoms with Gasteiger partial charge in [0.05, 0.1) is 11.9 Å². The van der Waals surface area contributed by atoms with Gasteiger partial charge in [0, 0.05) is 24.4 Å². The molecule has 2 aliphatic rings. The zero-order valence-corrected chi connectivity index (χ0v) is 18.0. The number of carbonyl (C=O) groups excluding carboxylic acids is 1. The standard InChI is InChI=1S/C20H15ClN8O4/c1-10(33-20(31)32)29-18(24-25-26-29)16-13(9-23-27(16)2)11-3-5-12(6-4-11)19(30)28-14-7-8-22-17(28)15(14)21/h3-10H,1-2H3,(H,31,32). The fraction of sp³-hybridized carbons (Fsp3) is 0.150. The van der Waals surface area contributed by atoms with Gasteiger partial charge in [-0.15, -0.1) is 5.10 Å². The van der Waals surface area contributed by atoms with Crippen molar-refractivity contribution in [2.24, 2.45) is 12.0 Å². The van der Waals surface area contributed by atoms with Crippen molar-refractivity contribution < 1.29 is 19.4 Å². The van der Waals surface area contributed by atoms with Gasteiger partial charge in [-0.25, -0.2) is 9.79 Å². The molecule has 2 bridgehead atoms. The molecule has 33 heavy (non-hydrogen) atoms. The molecule has 1 amide bonds. The van der Waals surface area contributed by atoms with E-state index in [2.05, 4.69) is 25.6 Å². The third kappa shape index (κ3) is 3.27. The Morgan fingerprint density at radius 2 is 1.97 bits per heavy atom. The molecule has 1 aromatic carbocycles. The normalized spacial score (nSPS) is 15.2. The van der Waals surface area contributed by atoms with Crippen LogP contribution in [-0.4, -0.2) is 58.3 Å². The summed E-state index contributed by atoms with van der Waals surface area (Å²) < 4.78 is 7.60. The predicted molar refractivity (Wildman–Crippen MR) is 115 cm³/mol. The average Bonchev–Trinajstić information content (AvgIpc) is 3.44. The summed E-state index contributed by atoms with van der Waals surface area (Å²) in [5.74, 6) is 0.472. The Labute approximate surface area is 191 Å². The quantitative estimate of drug-likeness (QED) is 0.566. The highest BCUT2D eigenvalue weighted by Gasteiger charge is 2.38. The molecule has 3 aromatic rings. The zero-order chi connectivity index (χ0) is 23.3. The number of allylic oxidation sites excluding steroid dienone is 2. The molecule has 0 spiro atoms. The summed E-state index contributed by atoms with van der Waals surface area (Å²) in [5.41, 5.74) is 3.08. The third-order valence-electron chi connectivity index (χ3n) is 5.21. The Balaban J connectivity index is 1.46. The number of carboxylic acid groups (broad SMARTS) is 1. The molecule has 166 valence electrons. The second kappa shape index (κ2) is 7.67. The van der Waals surface area contributed by atoms with Gasteiger partial charge in [0.15, 0.2) is 12.0 Å². The Morgan fingerprint density at radius 3 is 2.61 bits per heavy atom. The summed E-state index contributed by atoms with van der Waals surface area (Å²) in [6, 6.07) is 6.95. The molecular weight excluding hydrogens is 452 g/mol. The molecule has 0 fully saturated rings. The number of nitrogens with zero attached hydrogens (tertiary/aromatic N) is 8. The number of aryl methyl sites for hydroxylation is 1. The lowest BCUT2D eigenvalue weighted by molar-refractivity contribution is 0.0219. The fourth-order valence-electron chi connectivity index (χ4n) is 3.64. The molecule has 0 saturated carbocycles. The van der Waals surface area contributed by atoms with Gasteiger partial charge in [0.2, 0.25) is 5.82 Å². The Morgan fingerprint density at radius 1 is 1.21 bits per heavy atom. The minimum atomic E-state index is -1.45. The number of aliphatic imine (C=N–C) groups is 1. The number of amides is 1. The lowest BCUT2D eigenvalue weighted by Crippen LogP contribution is -2.38. The number of carbonyl (C=O) groups is 2. The van der Waals surface area contributed by atoms with Gasteiger partial charge in [-0.3, -0.25) is 14.4 Å². The molecule has 12 nitrogen and oxygen atoms in total. The number of hydrogen-bond donors (Lipinski definition) is 1. The molecule has 0 saturated heterocycles. The van der Waals surface area contributed by atoms with Crippen LogP contribution in [0, 0.1) is 0 Å². The van der Waals surface area contributed by atoms with Crippen LogP contribution in [0.1, 0.15) is 23.5 Å². The minimum Gasteiger partial charge on any atom is -0.450 e. The first-order valence-electron chi connectivity index (χ1n) is 9.66. The van der Waals surface area contributed by atoms with Crippen molar-refractivity contribution in [3.05, 3.63) is 58.7 Å². The van der Waals surface area contributed by atoms with E-state index in [1.165, 1.54) is 16.5 Å². The van der Waals surface area contributed by atoms with Gasteiger partial charge in [0.1, 0.15) is 10.7 Å². The van der Waals surface area contributed by atoms with Crippen molar-refractivity contribution in [1.82, 2.24) is 34.9 Å². The molecular formula is C20H15ClN8O4. The SMILES string of the molecule is CC(OC(=O)O)n1nnnc1-c1c(-c2ccc(C(=O)N3c4ccnc3c4Cl)cc2)cnn1C. The summed E-state index contributed by atoms with van der Waals surface area (Å²) >= 11 is 6.11. The predicted octanol–water partition coefficient (Wildman–Crippen LogP) is 2.79. The first kappa shape index (κ1) is 20.6. The van der Waals surface area contributed by atoms with Crippen LogP contribution in [0.15, 0.2) is 58.1 Å². The Bertz CT molecular complexity index is 1390. The monoisotopic (exact) mass is 466 g/mol. The van der Waals surface area contributed by atoms with Crippen LogP contribution in [-0.2, 0) is 11.8 Å². The number of hydrogen-bond acceptors (Lipinski definition) is 8. The van der Waals surface area contributed by atoms with E-state index < -0.39 is 12.4 Å². The number of aromatic nitrogens is 6. The fourth-order valence-corrected chi connectivity index (χ4v) is 3.92. The summed E-state index contributed by atoms with van der Waals surface area (Å²) in [6.07, 6.45) is 2.52. The molecule has 5 rings (SSSR count). The van der Waals surface area contributed by atoms with E-state index in [0.717, 1.165) is 5.56 Å². The topological polar surface area (TPSA) is 141 Å². The van der Waals surface area contributed by atoms with Crippen molar-refractivity contribution in [3.8, 4) is 22.6 Å². The van der Waals surface area contributed by atoms with E-state index in [-0.39, 0.29) is 11.7 Å². The van der Waals surface area contributed by atoms with Crippen LogP contribution in [0.4, 0.5) is 4.79 Å². The van der Waals surface area contributed by atoms with Gasteiger partial charge >= 0.3 is 6.16 Å². The van der Waals surface area contributed by atoms with Crippen LogP contribution in [0.3, 0.4) is 0 Å². The lowest BCUT2D eigenvalue weighted by Gasteiger charge is -2.36. The maximum absolute atomic E-state index is 12.9. The molecule has 1 atom stereocenters. The van der Waals surface area contributed by atoms with Crippen molar-refractivity contribution >= 4 is 29.9 Å². The van der Waals surface area contributed by atoms with Crippen LogP contribution >= 0.6 is 11.6 Å². The summed E-state index contributed by atoms with van der Waals surface area (Å²) in [7, 11) is 1.72. The van der Waals surface area contributed by atoms with Gasteiger partial charge in [0.25, 0.3) is 5.91 Å². The van der Waals surface area contributed by atoms with Crippen LogP contribution in [0.25, 0.3) is 22.6 Å². The molecule has 2 aromatic heterocycles. The highest BCUT2D eigenvalue weighted by atomic mass is 35.5. The smallest absolute Gasteiger partial charge is 0.450 e. The third-order valence-corrected chi connectivity index (χ3v) is 5.57. The van der Waals surface area contributed by atoms with Crippen molar-refractivity contribution in [3.63, 3.8) is 0 Å². The van der Waals surface area contributed by atoms with Crippen molar-refractivity contribution in [2.45, 2.75) is 13.2 Å². The van der Waals surface area contributed by atoms with Gasteiger partial charge in [-0.05, 0) is 41.1 Å². The van der Waals surface area contributed by atoms with E-state index in [1.807, 2.05) is 0 Å². The van der Waals surface area contributed by atoms with E-state index in [4.69, 9.17) is 21.4 Å². The number of benzene rings is 1. The number of tetrazole rings is 1. The molecule has 0 aliphatic carbocycles. The molecule has 1 unspecified atom stereocenters. The second-order valence-electron chi connectivity index (χ2n) is 7.15. The molecule has 2 aliphatic heterocycles. The highest BCUT2D eigenvalue weighted by molar-refractivity contribution is 6.34. The second-order valence-corrected chi connectivity index (χ2v) is 7.52. The number of rotatable bonds is 5. The highest BCUT2D eigenvalue weighted by Crippen LogP contribution is 2.41. The van der Waals surface area contributed by atoms with Crippen molar-refractivity contribution in [1.29, 1.82) is 0 Å². The summed E-state index contributed by atoms with van der Waals surface area (Å²) in [6.45, 7) is 1.51. The van der Waals surface area contributed by atoms with E-state index in [0.29, 0.717) is 33.4 Å². The maximum Gasteiger partial charge on any atom is 0.507 e. The summed E-state index contributed by atoms with van der Waals surface area (Å²) in [4.78, 5) is 29.4. The average molecular weight is 467 g/mol. The van der Waals surface area contributed by atoms with Gasteiger partial charge in [-0.1, -0.05) is 23.7 Å². The number of halogens is 1.